The molecule has 1 aromatic carbocycles. The van der Waals surface area contributed by atoms with Crippen molar-refractivity contribution >= 4 is 29.3 Å². The van der Waals surface area contributed by atoms with E-state index in [-0.39, 0.29) is 0 Å². The molecule has 0 bridgehead atoms. The second-order valence-corrected chi connectivity index (χ2v) is 6.76. The second-order valence-electron chi connectivity index (χ2n) is 4.57. The molecule has 0 amide bonds. The second kappa shape index (κ2) is 7.03. The number of ether oxygens (including phenoxy) is 1. The van der Waals surface area contributed by atoms with Gasteiger partial charge in [-0.2, -0.15) is 0 Å². The highest BCUT2D eigenvalue weighted by Crippen LogP contribution is 2.27. The van der Waals surface area contributed by atoms with Gasteiger partial charge in [0, 0.05) is 15.5 Å². The van der Waals surface area contributed by atoms with Crippen molar-refractivity contribution in [2.45, 2.75) is 24.6 Å². The van der Waals surface area contributed by atoms with E-state index in [2.05, 4.69) is 0 Å². The number of hydrogen-bond donors (Lipinski definition) is 2. The monoisotopic (exact) mass is 303 g/mol. The number of carboxylic acid groups (broad SMARTS) is 1. The van der Waals surface area contributed by atoms with E-state index in [1.165, 1.54) is 11.8 Å². The van der Waals surface area contributed by atoms with Crippen LogP contribution in [0.25, 0.3) is 0 Å². The number of nitrogens with two attached hydrogens (primary N) is 1. The lowest BCUT2D eigenvalue weighted by molar-refractivity contribution is -0.139. The van der Waals surface area contributed by atoms with Crippen molar-refractivity contribution in [1.29, 1.82) is 0 Å². The zero-order chi connectivity index (χ0) is 14.5. The molecule has 0 aromatic heterocycles. The number of carbonyl (C=O) groups is 1. The lowest BCUT2D eigenvalue weighted by Crippen LogP contribution is -2.47. The number of halogens is 1. The van der Waals surface area contributed by atoms with E-state index in [9.17, 15) is 4.79 Å². The molecule has 0 aliphatic heterocycles. The topological polar surface area (TPSA) is 72.5 Å². The van der Waals surface area contributed by atoms with Crippen LogP contribution in [0.1, 0.15) is 13.8 Å². The van der Waals surface area contributed by atoms with Crippen LogP contribution in [0.3, 0.4) is 0 Å². The molecule has 1 aromatic rings. The lowest BCUT2D eigenvalue weighted by atomic mass is 10.1. The quantitative estimate of drug-likeness (QED) is 0.758. The van der Waals surface area contributed by atoms with E-state index in [0.29, 0.717) is 17.4 Å². The summed E-state index contributed by atoms with van der Waals surface area (Å²) in [6.07, 6.45) is 0. The first-order chi connectivity index (χ1) is 8.83. The molecule has 0 saturated heterocycles. The van der Waals surface area contributed by atoms with Crippen LogP contribution < -0.4 is 10.5 Å². The van der Waals surface area contributed by atoms with Gasteiger partial charge < -0.3 is 15.6 Å². The first-order valence-corrected chi connectivity index (χ1v) is 7.20. The third-order valence-corrected chi connectivity index (χ3v) is 4.28. The molecule has 0 unspecified atom stereocenters. The molecule has 0 fully saturated rings. The van der Waals surface area contributed by atoms with Crippen molar-refractivity contribution in [3.63, 3.8) is 0 Å². The number of rotatable bonds is 7. The minimum absolute atomic E-state index is 0.488. The molecule has 0 radical (unpaired) electrons. The van der Waals surface area contributed by atoms with Crippen LogP contribution in [-0.4, -0.2) is 34.2 Å². The summed E-state index contributed by atoms with van der Waals surface area (Å²) in [5, 5.41) is 9.56. The fourth-order valence-corrected chi connectivity index (χ4v) is 2.48. The van der Waals surface area contributed by atoms with Crippen molar-refractivity contribution in [3.8, 4) is 5.75 Å². The molecule has 19 heavy (non-hydrogen) atoms. The molecule has 6 heteroatoms. The average molecular weight is 304 g/mol. The molecule has 4 nitrogen and oxygen atoms in total. The van der Waals surface area contributed by atoms with Crippen LogP contribution in [0, 0.1) is 0 Å². The number of benzene rings is 1. The van der Waals surface area contributed by atoms with Crippen LogP contribution in [0.15, 0.2) is 24.3 Å². The van der Waals surface area contributed by atoms with E-state index >= 15 is 0 Å². The van der Waals surface area contributed by atoms with Gasteiger partial charge in [-0.3, -0.25) is 4.79 Å². The van der Waals surface area contributed by atoms with Gasteiger partial charge in [-0.1, -0.05) is 11.6 Å². The maximum atomic E-state index is 10.8. The van der Waals surface area contributed by atoms with Gasteiger partial charge >= 0.3 is 5.97 Å². The number of hydrogen-bond acceptors (Lipinski definition) is 4. The highest BCUT2D eigenvalue weighted by atomic mass is 35.5. The Morgan fingerprint density at radius 1 is 1.47 bits per heavy atom. The van der Waals surface area contributed by atoms with E-state index in [1.807, 2.05) is 13.8 Å². The molecule has 1 atom stereocenters. The van der Waals surface area contributed by atoms with Gasteiger partial charge in [0.2, 0.25) is 0 Å². The number of thioether (sulfide) groups is 1. The third kappa shape index (κ3) is 5.30. The smallest absolute Gasteiger partial charge is 0.321 e. The number of carboxylic acids is 1. The van der Waals surface area contributed by atoms with Crippen LogP contribution in [0.2, 0.25) is 5.02 Å². The Bertz CT molecular complexity index is 422. The normalized spacial score (nSPS) is 13.1. The summed E-state index contributed by atoms with van der Waals surface area (Å²) in [6.45, 7) is 4.12. The largest absolute Gasteiger partial charge is 0.493 e. The summed E-state index contributed by atoms with van der Waals surface area (Å²) >= 11 is 7.25. The van der Waals surface area contributed by atoms with E-state index in [4.69, 9.17) is 27.2 Å². The van der Waals surface area contributed by atoms with Gasteiger partial charge in [-0.15, -0.1) is 11.8 Å². The Kier molecular flexibility index (Phi) is 5.97. The van der Waals surface area contributed by atoms with Gasteiger partial charge in [0.1, 0.15) is 11.8 Å². The molecular formula is C13H18ClNO3S. The SMILES string of the molecule is CC(C)(SCCOc1ccc(Cl)cc1)[C@@H](N)C(=O)O. The Labute approximate surface area is 122 Å². The van der Waals surface area contributed by atoms with Crippen molar-refractivity contribution in [3.05, 3.63) is 29.3 Å². The van der Waals surface area contributed by atoms with Crippen LogP contribution in [0.4, 0.5) is 0 Å². The first-order valence-electron chi connectivity index (χ1n) is 5.83. The van der Waals surface area contributed by atoms with Gasteiger partial charge in [0.15, 0.2) is 0 Å². The average Bonchev–Trinajstić information content (AvgIpc) is 2.35. The first kappa shape index (κ1) is 16.1. The van der Waals surface area contributed by atoms with Gasteiger partial charge in [-0.25, -0.2) is 0 Å². The Morgan fingerprint density at radius 3 is 2.58 bits per heavy atom. The summed E-state index contributed by atoms with van der Waals surface area (Å²) in [6, 6.07) is 6.21. The lowest BCUT2D eigenvalue weighted by Gasteiger charge is -2.27. The predicted molar refractivity (Wildman–Crippen MR) is 79.1 cm³/mol. The van der Waals surface area contributed by atoms with Crippen molar-refractivity contribution < 1.29 is 14.6 Å². The fraction of sp³-hybridized carbons (Fsp3) is 0.462. The maximum absolute atomic E-state index is 10.8. The number of aliphatic carboxylic acids is 1. The predicted octanol–water partition coefficient (Wildman–Crippen LogP) is 2.64. The van der Waals surface area contributed by atoms with Crippen molar-refractivity contribution in [2.24, 2.45) is 5.73 Å². The van der Waals surface area contributed by atoms with Gasteiger partial charge in [0.05, 0.1) is 6.61 Å². The summed E-state index contributed by atoms with van der Waals surface area (Å²) in [5.41, 5.74) is 5.63. The van der Waals surface area contributed by atoms with Crippen molar-refractivity contribution in [1.82, 2.24) is 0 Å². The Hall–Kier alpha value is -0.910. The highest BCUT2D eigenvalue weighted by Gasteiger charge is 2.32. The zero-order valence-electron chi connectivity index (χ0n) is 10.9. The fourth-order valence-electron chi connectivity index (χ4n) is 1.38. The van der Waals surface area contributed by atoms with Crippen LogP contribution >= 0.6 is 23.4 Å². The molecule has 1 rings (SSSR count). The van der Waals surface area contributed by atoms with Crippen LogP contribution in [0.5, 0.6) is 5.75 Å². The maximum Gasteiger partial charge on any atom is 0.321 e. The van der Waals surface area contributed by atoms with E-state index in [1.54, 1.807) is 24.3 Å². The Balaban J connectivity index is 2.34. The Morgan fingerprint density at radius 2 is 2.05 bits per heavy atom. The minimum atomic E-state index is -0.990. The molecule has 106 valence electrons. The summed E-state index contributed by atoms with van der Waals surface area (Å²) in [5.74, 6) is 0.415. The van der Waals surface area contributed by atoms with E-state index < -0.39 is 16.8 Å². The summed E-state index contributed by atoms with van der Waals surface area (Å²) in [4.78, 5) is 10.8. The van der Waals surface area contributed by atoms with Gasteiger partial charge in [0.25, 0.3) is 0 Å². The van der Waals surface area contributed by atoms with E-state index in [0.717, 1.165) is 5.75 Å². The zero-order valence-corrected chi connectivity index (χ0v) is 12.5. The molecule has 0 heterocycles. The van der Waals surface area contributed by atoms with Crippen LogP contribution in [-0.2, 0) is 4.79 Å². The molecule has 0 saturated carbocycles. The molecule has 0 aliphatic rings. The minimum Gasteiger partial charge on any atom is -0.493 e. The summed E-state index contributed by atoms with van der Waals surface area (Å²) < 4.78 is 5.00. The molecule has 0 spiro atoms. The third-order valence-electron chi connectivity index (χ3n) is 2.65. The molecule has 0 aliphatic carbocycles. The van der Waals surface area contributed by atoms with Crippen molar-refractivity contribution in [2.75, 3.05) is 12.4 Å². The molecule has 3 N–H and O–H groups in total. The molecular weight excluding hydrogens is 286 g/mol. The highest BCUT2D eigenvalue weighted by molar-refractivity contribution is 8.00. The van der Waals surface area contributed by atoms with Gasteiger partial charge in [-0.05, 0) is 38.1 Å². The summed E-state index contributed by atoms with van der Waals surface area (Å²) in [7, 11) is 0. The standard InChI is InChI=1S/C13H18ClNO3S/c1-13(2,11(15)12(16)17)19-8-7-18-10-5-3-9(14)4-6-10/h3-6,11H,7-8,15H2,1-2H3,(H,16,17)/t11-/m0/s1.